The summed E-state index contributed by atoms with van der Waals surface area (Å²) >= 11 is 0. The van der Waals surface area contributed by atoms with Crippen molar-refractivity contribution in [1.82, 2.24) is 0 Å². The molecule has 20 heavy (non-hydrogen) atoms. The summed E-state index contributed by atoms with van der Waals surface area (Å²) in [6.45, 7) is 6.24. The molecule has 0 nitrogen and oxygen atoms in total. The van der Waals surface area contributed by atoms with Crippen LogP contribution < -0.4 is 0 Å². The van der Waals surface area contributed by atoms with Crippen LogP contribution >= 0.6 is 0 Å². The maximum atomic E-state index is 4.00. The van der Waals surface area contributed by atoms with Crippen LogP contribution in [0.2, 0.25) is 0 Å². The molecule has 108 valence electrons. The minimum absolute atomic E-state index is 0.802. The Morgan fingerprint density at radius 2 is 1.70 bits per heavy atom. The van der Waals surface area contributed by atoms with E-state index in [0.29, 0.717) is 0 Å². The summed E-state index contributed by atoms with van der Waals surface area (Å²) in [5.74, 6) is 3.59. The molecule has 0 heteroatoms. The minimum atomic E-state index is 0.802. The van der Waals surface area contributed by atoms with Crippen LogP contribution in [-0.2, 0) is 6.42 Å². The van der Waals surface area contributed by atoms with Crippen LogP contribution in [0.15, 0.2) is 36.9 Å². The number of hydrogen-bond acceptors (Lipinski definition) is 0. The van der Waals surface area contributed by atoms with Gasteiger partial charge in [0.2, 0.25) is 0 Å². The van der Waals surface area contributed by atoms with Crippen molar-refractivity contribution in [3.63, 3.8) is 0 Å². The molecule has 1 aromatic carbocycles. The molecule has 4 atom stereocenters. The molecule has 0 aliphatic heterocycles. The number of allylic oxidation sites excluding steroid dienone is 1. The van der Waals surface area contributed by atoms with Gasteiger partial charge in [0.1, 0.15) is 0 Å². The first-order valence-electron chi connectivity index (χ1n) is 8.51. The molecule has 0 aromatic heterocycles. The highest BCUT2D eigenvalue weighted by Gasteiger charge is 2.35. The summed E-state index contributed by atoms with van der Waals surface area (Å²) in [6, 6.07) is 9.43. The predicted molar refractivity (Wildman–Crippen MR) is 86.9 cm³/mol. The zero-order chi connectivity index (χ0) is 13.9. The van der Waals surface area contributed by atoms with Crippen molar-refractivity contribution in [3.8, 4) is 0 Å². The molecule has 3 rings (SSSR count). The minimum Gasteiger partial charge on any atom is -0.103 e. The lowest BCUT2D eigenvalue weighted by molar-refractivity contribution is 0.133. The van der Waals surface area contributed by atoms with Gasteiger partial charge in [0.15, 0.2) is 0 Å². The SMILES string of the molecule is C=C[C@@H]1CC[C@@H]2CC(c3ccc(CC)cc3)CC[C@@H]2C1. The molecule has 1 unspecified atom stereocenters. The van der Waals surface area contributed by atoms with Crippen LogP contribution in [0.4, 0.5) is 0 Å². The van der Waals surface area contributed by atoms with Crippen molar-refractivity contribution in [2.75, 3.05) is 0 Å². The molecule has 2 fully saturated rings. The Kier molecular flexibility index (Phi) is 4.29. The van der Waals surface area contributed by atoms with Gasteiger partial charge in [-0.3, -0.25) is 0 Å². The molecule has 0 heterocycles. The van der Waals surface area contributed by atoms with E-state index < -0.39 is 0 Å². The highest BCUT2D eigenvalue weighted by Crippen LogP contribution is 2.47. The summed E-state index contributed by atoms with van der Waals surface area (Å²) in [6.07, 6.45) is 11.8. The Balaban J connectivity index is 1.65. The van der Waals surface area contributed by atoms with Crippen molar-refractivity contribution >= 4 is 0 Å². The van der Waals surface area contributed by atoms with Crippen LogP contribution in [0, 0.1) is 17.8 Å². The second-order valence-electron chi connectivity index (χ2n) is 6.93. The lowest BCUT2D eigenvalue weighted by Gasteiger charge is -2.41. The molecule has 2 saturated carbocycles. The molecular formula is C20H28. The van der Waals surface area contributed by atoms with E-state index in [1.807, 2.05) is 0 Å². The fraction of sp³-hybridized carbons (Fsp3) is 0.600. The smallest absolute Gasteiger partial charge is 0.0159 e. The summed E-state index contributed by atoms with van der Waals surface area (Å²) in [5, 5.41) is 0. The van der Waals surface area contributed by atoms with E-state index in [1.165, 1.54) is 44.1 Å². The molecule has 0 radical (unpaired) electrons. The third kappa shape index (κ3) is 2.85. The van der Waals surface area contributed by atoms with Gasteiger partial charge in [0.25, 0.3) is 0 Å². The first-order chi connectivity index (χ1) is 9.80. The van der Waals surface area contributed by atoms with Gasteiger partial charge in [-0.15, -0.1) is 6.58 Å². The lowest BCUT2D eigenvalue weighted by atomic mass is 9.64. The Bertz CT molecular complexity index is 442. The zero-order valence-electron chi connectivity index (χ0n) is 12.9. The topological polar surface area (TPSA) is 0 Å². The fourth-order valence-corrected chi connectivity index (χ4v) is 4.47. The zero-order valence-corrected chi connectivity index (χ0v) is 12.9. The molecule has 0 saturated heterocycles. The molecule has 0 spiro atoms. The molecule has 2 aliphatic carbocycles. The number of fused-ring (bicyclic) bond motifs is 1. The van der Waals surface area contributed by atoms with Gasteiger partial charge in [0.05, 0.1) is 0 Å². The number of hydrogen-bond donors (Lipinski definition) is 0. The van der Waals surface area contributed by atoms with E-state index in [-0.39, 0.29) is 0 Å². The van der Waals surface area contributed by atoms with Gasteiger partial charge in [-0.1, -0.05) is 37.3 Å². The van der Waals surface area contributed by atoms with Crippen molar-refractivity contribution in [2.45, 2.75) is 57.8 Å². The Morgan fingerprint density at radius 3 is 2.40 bits per heavy atom. The van der Waals surface area contributed by atoms with Gasteiger partial charge in [-0.25, -0.2) is 0 Å². The second kappa shape index (κ2) is 6.16. The average Bonchev–Trinajstić information content (AvgIpc) is 2.54. The van der Waals surface area contributed by atoms with Gasteiger partial charge < -0.3 is 0 Å². The summed E-state index contributed by atoms with van der Waals surface area (Å²) in [4.78, 5) is 0. The lowest BCUT2D eigenvalue weighted by Crippen LogP contribution is -2.29. The molecular weight excluding hydrogens is 240 g/mol. The fourth-order valence-electron chi connectivity index (χ4n) is 4.47. The number of rotatable bonds is 3. The first-order valence-corrected chi connectivity index (χ1v) is 8.51. The van der Waals surface area contributed by atoms with Crippen molar-refractivity contribution in [1.29, 1.82) is 0 Å². The van der Waals surface area contributed by atoms with E-state index in [0.717, 1.165) is 30.1 Å². The number of benzene rings is 1. The maximum absolute atomic E-state index is 4.00. The highest BCUT2D eigenvalue weighted by atomic mass is 14.4. The normalized spacial score (nSPS) is 33.5. The van der Waals surface area contributed by atoms with E-state index in [2.05, 4.69) is 43.8 Å². The Hall–Kier alpha value is -1.04. The Morgan fingerprint density at radius 1 is 1.00 bits per heavy atom. The molecule has 0 bridgehead atoms. The summed E-state index contributed by atoms with van der Waals surface area (Å²) < 4.78 is 0. The van der Waals surface area contributed by atoms with Gasteiger partial charge >= 0.3 is 0 Å². The predicted octanol–water partition coefficient (Wildman–Crippen LogP) is 5.74. The van der Waals surface area contributed by atoms with Crippen molar-refractivity contribution in [3.05, 3.63) is 48.0 Å². The standard InChI is InChI=1S/C20H28/c1-3-15-5-8-17(9-6-15)19-12-11-18-13-16(4-2)7-10-20(18)14-19/h4-6,8-9,16,18-20H,2-3,7,10-14H2,1H3/t16-,18-,19?,20-/m1/s1. The highest BCUT2D eigenvalue weighted by molar-refractivity contribution is 5.26. The Labute approximate surface area is 124 Å². The molecule has 0 amide bonds. The van der Waals surface area contributed by atoms with Crippen LogP contribution in [0.1, 0.15) is 62.5 Å². The largest absolute Gasteiger partial charge is 0.103 e. The van der Waals surface area contributed by atoms with Crippen LogP contribution in [0.5, 0.6) is 0 Å². The quantitative estimate of drug-likeness (QED) is 0.614. The van der Waals surface area contributed by atoms with E-state index in [1.54, 1.807) is 5.56 Å². The number of aryl methyl sites for hydroxylation is 1. The summed E-state index contributed by atoms with van der Waals surface area (Å²) in [7, 11) is 0. The summed E-state index contributed by atoms with van der Waals surface area (Å²) in [5.41, 5.74) is 3.06. The van der Waals surface area contributed by atoms with Crippen LogP contribution in [0.3, 0.4) is 0 Å². The molecule has 0 N–H and O–H groups in total. The molecule has 2 aliphatic rings. The van der Waals surface area contributed by atoms with Gasteiger partial charge in [-0.05, 0) is 79.7 Å². The third-order valence-electron chi connectivity index (χ3n) is 5.85. The van der Waals surface area contributed by atoms with Gasteiger partial charge in [-0.2, -0.15) is 0 Å². The first kappa shape index (κ1) is 13.9. The van der Waals surface area contributed by atoms with E-state index in [9.17, 15) is 0 Å². The third-order valence-corrected chi connectivity index (χ3v) is 5.85. The van der Waals surface area contributed by atoms with Crippen molar-refractivity contribution < 1.29 is 0 Å². The molecule has 1 aromatic rings. The van der Waals surface area contributed by atoms with Crippen LogP contribution in [0.25, 0.3) is 0 Å². The van der Waals surface area contributed by atoms with Gasteiger partial charge in [0, 0.05) is 0 Å². The second-order valence-corrected chi connectivity index (χ2v) is 6.93. The van der Waals surface area contributed by atoms with Crippen molar-refractivity contribution in [2.24, 2.45) is 17.8 Å². The monoisotopic (exact) mass is 268 g/mol. The van der Waals surface area contributed by atoms with E-state index in [4.69, 9.17) is 0 Å². The average molecular weight is 268 g/mol. The van der Waals surface area contributed by atoms with E-state index >= 15 is 0 Å². The van der Waals surface area contributed by atoms with Crippen LogP contribution in [-0.4, -0.2) is 0 Å². The maximum Gasteiger partial charge on any atom is -0.0159 e.